The molecule has 3 rings (SSSR count). The zero-order chi connectivity index (χ0) is 19.6. The lowest BCUT2D eigenvalue weighted by atomic mass is 10.2. The number of carbonyl (C=O) groups excluding carboxylic acids is 1. The second-order valence-corrected chi connectivity index (χ2v) is 5.98. The summed E-state index contributed by atoms with van der Waals surface area (Å²) in [6.07, 6.45) is 1.19. The molecule has 0 saturated carbocycles. The second-order valence-electron chi connectivity index (χ2n) is 5.98. The van der Waals surface area contributed by atoms with Gasteiger partial charge in [-0.05, 0) is 25.0 Å². The molecule has 0 bridgehead atoms. The number of nitriles is 1. The van der Waals surface area contributed by atoms with E-state index in [4.69, 9.17) is 9.47 Å². The van der Waals surface area contributed by atoms with Crippen molar-refractivity contribution in [3.63, 3.8) is 0 Å². The highest BCUT2D eigenvalue weighted by Gasteiger charge is 2.23. The van der Waals surface area contributed by atoms with Crippen molar-refractivity contribution in [3.05, 3.63) is 50.3 Å². The Labute approximate surface area is 154 Å². The average Bonchev–Trinajstić information content (AvgIpc) is 3.15. The van der Waals surface area contributed by atoms with Crippen LogP contribution in [0.15, 0.2) is 27.8 Å². The van der Waals surface area contributed by atoms with E-state index in [9.17, 15) is 19.6 Å². The summed E-state index contributed by atoms with van der Waals surface area (Å²) in [5.41, 5.74) is -0.519. The van der Waals surface area contributed by atoms with Gasteiger partial charge < -0.3 is 14.8 Å². The third-order valence-corrected chi connectivity index (χ3v) is 4.41. The van der Waals surface area contributed by atoms with Crippen molar-refractivity contribution < 1.29 is 14.3 Å². The zero-order valence-electron chi connectivity index (χ0n) is 14.9. The third kappa shape index (κ3) is 3.29. The maximum atomic E-state index is 12.5. The van der Waals surface area contributed by atoms with Gasteiger partial charge in [0.2, 0.25) is 5.91 Å². The zero-order valence-corrected chi connectivity index (χ0v) is 14.9. The van der Waals surface area contributed by atoms with Gasteiger partial charge in [-0.15, -0.1) is 0 Å². The molecule has 2 heterocycles. The van der Waals surface area contributed by atoms with Crippen molar-refractivity contribution >= 4 is 11.6 Å². The van der Waals surface area contributed by atoms with Crippen LogP contribution in [0.5, 0.6) is 11.5 Å². The van der Waals surface area contributed by atoms with Crippen LogP contribution in [0.3, 0.4) is 0 Å². The van der Waals surface area contributed by atoms with E-state index < -0.39 is 23.7 Å². The normalized spacial score (nSPS) is 12.2. The first-order valence-electron chi connectivity index (χ1n) is 8.28. The lowest BCUT2D eigenvalue weighted by molar-refractivity contribution is -0.116. The van der Waals surface area contributed by atoms with Crippen LogP contribution in [0.25, 0.3) is 0 Å². The molecule has 1 aromatic carbocycles. The maximum Gasteiger partial charge on any atom is 0.331 e. The molecule has 1 aromatic heterocycles. The Morgan fingerprint density at radius 2 is 2.00 bits per heavy atom. The molecule has 0 fully saturated rings. The van der Waals surface area contributed by atoms with E-state index in [0.29, 0.717) is 42.3 Å². The Kier molecular flexibility index (Phi) is 4.98. The second kappa shape index (κ2) is 7.37. The molecule has 0 unspecified atom stereocenters. The van der Waals surface area contributed by atoms with Crippen LogP contribution >= 0.6 is 0 Å². The quantitative estimate of drug-likeness (QED) is 0.819. The summed E-state index contributed by atoms with van der Waals surface area (Å²) in [7, 11) is 2.97. The Morgan fingerprint density at radius 3 is 2.67 bits per heavy atom. The van der Waals surface area contributed by atoms with Crippen molar-refractivity contribution in [2.24, 2.45) is 0 Å². The van der Waals surface area contributed by atoms with E-state index in [1.165, 1.54) is 18.8 Å². The summed E-state index contributed by atoms with van der Waals surface area (Å²) in [6, 6.07) is 6.66. The molecule has 140 valence electrons. The summed E-state index contributed by atoms with van der Waals surface area (Å²) in [4.78, 5) is 37.4. The monoisotopic (exact) mass is 370 g/mol. The van der Waals surface area contributed by atoms with Crippen LogP contribution in [-0.2, 0) is 24.3 Å². The Bertz CT molecular complexity index is 1060. The molecule has 0 aliphatic carbocycles. The lowest BCUT2D eigenvalue weighted by Crippen LogP contribution is -2.44. The molecule has 1 N–H and O–H groups in total. The van der Waals surface area contributed by atoms with Crippen LogP contribution in [0.4, 0.5) is 5.69 Å². The van der Waals surface area contributed by atoms with E-state index in [0.717, 1.165) is 4.57 Å². The predicted molar refractivity (Wildman–Crippen MR) is 96.2 cm³/mol. The fraction of sp³-hybridized carbons (Fsp3) is 0.333. The highest BCUT2D eigenvalue weighted by atomic mass is 16.5. The number of nitrogens with one attached hydrogen (secondary N) is 1. The number of carbonyl (C=O) groups is 1. The number of rotatable bonds is 5. The van der Waals surface area contributed by atoms with Crippen molar-refractivity contribution in [2.45, 2.75) is 25.9 Å². The molecule has 0 atom stereocenters. The van der Waals surface area contributed by atoms with E-state index in [-0.39, 0.29) is 5.56 Å². The van der Waals surface area contributed by atoms with E-state index in [1.54, 1.807) is 18.2 Å². The van der Waals surface area contributed by atoms with Crippen LogP contribution in [-0.4, -0.2) is 29.3 Å². The number of nitrogens with zero attached hydrogens (tertiary/aromatic N) is 3. The summed E-state index contributed by atoms with van der Waals surface area (Å²) in [6.45, 7) is -0.0542. The Hall–Kier alpha value is -3.54. The fourth-order valence-electron chi connectivity index (χ4n) is 3.15. The van der Waals surface area contributed by atoms with Crippen molar-refractivity contribution in [2.75, 3.05) is 19.5 Å². The standard InChI is InChI=1S/C18H18N4O5/c1-26-14-6-5-11(8-15(14)27-2)20-16(23)10-22-17(24)12(9-19)13-4-3-7-21(13)18(22)25/h5-6,8H,3-4,7,10H2,1-2H3,(H,20,23). The summed E-state index contributed by atoms with van der Waals surface area (Å²) < 4.78 is 12.5. The van der Waals surface area contributed by atoms with Gasteiger partial charge in [0.1, 0.15) is 18.2 Å². The number of aromatic nitrogens is 2. The van der Waals surface area contributed by atoms with Crippen molar-refractivity contribution in [3.8, 4) is 17.6 Å². The minimum absolute atomic E-state index is 0.0778. The highest BCUT2D eigenvalue weighted by Crippen LogP contribution is 2.29. The first kappa shape index (κ1) is 18.3. The van der Waals surface area contributed by atoms with Gasteiger partial charge in [0, 0.05) is 24.0 Å². The Balaban J connectivity index is 1.89. The van der Waals surface area contributed by atoms with Gasteiger partial charge in [-0.25, -0.2) is 9.36 Å². The van der Waals surface area contributed by atoms with Gasteiger partial charge in [-0.1, -0.05) is 0 Å². The largest absolute Gasteiger partial charge is 0.493 e. The molecular weight excluding hydrogens is 352 g/mol. The first-order chi connectivity index (χ1) is 13.0. The van der Waals surface area contributed by atoms with Crippen LogP contribution in [0, 0.1) is 11.3 Å². The molecule has 27 heavy (non-hydrogen) atoms. The van der Waals surface area contributed by atoms with Crippen molar-refractivity contribution in [1.29, 1.82) is 5.26 Å². The molecule has 0 spiro atoms. The van der Waals surface area contributed by atoms with Crippen LogP contribution in [0.2, 0.25) is 0 Å². The van der Waals surface area contributed by atoms with Crippen molar-refractivity contribution in [1.82, 2.24) is 9.13 Å². The number of ether oxygens (including phenoxy) is 2. The topological polar surface area (TPSA) is 115 Å². The van der Waals surface area contributed by atoms with Gasteiger partial charge in [0.15, 0.2) is 11.5 Å². The molecule has 9 heteroatoms. The van der Waals surface area contributed by atoms with E-state index in [1.807, 2.05) is 6.07 Å². The van der Waals surface area contributed by atoms with E-state index in [2.05, 4.69) is 5.32 Å². The van der Waals surface area contributed by atoms with Gasteiger partial charge in [-0.3, -0.25) is 14.2 Å². The first-order valence-corrected chi connectivity index (χ1v) is 8.28. The number of methoxy groups -OCH3 is 2. The molecule has 1 aliphatic heterocycles. The number of hydrogen-bond donors (Lipinski definition) is 1. The molecule has 9 nitrogen and oxygen atoms in total. The SMILES string of the molecule is COc1ccc(NC(=O)Cn2c(=O)c(C#N)c3n(c2=O)CCC3)cc1OC. The average molecular weight is 370 g/mol. The highest BCUT2D eigenvalue weighted by molar-refractivity contribution is 5.90. The van der Waals surface area contributed by atoms with Gasteiger partial charge in [0.25, 0.3) is 5.56 Å². The van der Waals surface area contributed by atoms with E-state index >= 15 is 0 Å². The molecule has 2 aromatic rings. The number of hydrogen-bond acceptors (Lipinski definition) is 6. The summed E-state index contributed by atoms with van der Waals surface area (Å²) in [5, 5.41) is 11.9. The fourth-order valence-corrected chi connectivity index (χ4v) is 3.15. The third-order valence-electron chi connectivity index (χ3n) is 4.41. The molecule has 0 radical (unpaired) electrons. The summed E-state index contributed by atoms with van der Waals surface area (Å²) >= 11 is 0. The van der Waals surface area contributed by atoms with Gasteiger partial charge in [-0.2, -0.15) is 5.26 Å². The lowest BCUT2D eigenvalue weighted by Gasteiger charge is -2.12. The van der Waals surface area contributed by atoms with Crippen LogP contribution < -0.4 is 26.0 Å². The maximum absolute atomic E-state index is 12.5. The Morgan fingerprint density at radius 1 is 1.26 bits per heavy atom. The predicted octanol–water partition coefficient (Wildman–Crippen LogP) is 0.484. The number of amides is 1. The number of fused-ring (bicyclic) bond motifs is 1. The van der Waals surface area contributed by atoms with Crippen LogP contribution in [0.1, 0.15) is 17.7 Å². The minimum Gasteiger partial charge on any atom is -0.493 e. The minimum atomic E-state index is -0.738. The van der Waals surface area contributed by atoms with Gasteiger partial charge >= 0.3 is 5.69 Å². The smallest absolute Gasteiger partial charge is 0.331 e. The number of benzene rings is 1. The molecule has 1 amide bonds. The molecular formula is C18H18N4O5. The summed E-state index contributed by atoms with van der Waals surface area (Å²) in [5.74, 6) is 0.364. The molecule has 1 aliphatic rings. The van der Waals surface area contributed by atoms with Gasteiger partial charge in [0.05, 0.1) is 14.2 Å². The number of anilines is 1. The molecule has 0 saturated heterocycles.